The fourth-order valence-corrected chi connectivity index (χ4v) is 3.16. The van der Waals surface area contributed by atoms with Gasteiger partial charge in [-0.1, -0.05) is 29.8 Å². The van der Waals surface area contributed by atoms with Crippen LogP contribution in [0.1, 0.15) is 16.1 Å². The quantitative estimate of drug-likeness (QED) is 0.650. The summed E-state index contributed by atoms with van der Waals surface area (Å²) in [6.45, 7) is 2.11. The molecule has 3 aromatic rings. The van der Waals surface area contributed by atoms with E-state index in [4.69, 9.17) is 11.6 Å². The van der Waals surface area contributed by atoms with E-state index in [0.29, 0.717) is 0 Å². The zero-order valence-electron chi connectivity index (χ0n) is 9.98. The number of hydrogen-bond acceptors (Lipinski definition) is 2. The molecule has 3 rings (SSSR count). The predicted octanol–water partition coefficient (Wildman–Crippen LogP) is 4.85. The second-order valence-corrected chi connectivity index (χ2v) is 5.93. The zero-order chi connectivity index (χ0) is 12.5. The van der Waals surface area contributed by atoms with Crippen molar-refractivity contribution in [2.24, 2.45) is 0 Å². The predicted molar refractivity (Wildman–Crippen MR) is 78.6 cm³/mol. The van der Waals surface area contributed by atoms with Gasteiger partial charge in [0.1, 0.15) is 0 Å². The van der Waals surface area contributed by atoms with Gasteiger partial charge in [0.25, 0.3) is 0 Å². The highest BCUT2D eigenvalue weighted by atomic mass is 35.5. The van der Waals surface area contributed by atoms with Gasteiger partial charge in [-0.3, -0.25) is 0 Å². The van der Waals surface area contributed by atoms with Crippen LogP contribution in [0, 0.1) is 6.92 Å². The molecule has 1 heterocycles. The van der Waals surface area contributed by atoms with Crippen LogP contribution >= 0.6 is 22.9 Å². The van der Waals surface area contributed by atoms with Crippen molar-refractivity contribution in [1.82, 2.24) is 4.98 Å². The molecule has 0 fully saturated rings. The van der Waals surface area contributed by atoms with E-state index < -0.39 is 0 Å². The van der Waals surface area contributed by atoms with Crippen LogP contribution in [0.25, 0.3) is 10.2 Å². The molecule has 0 atom stereocenters. The second-order valence-electron chi connectivity index (χ2n) is 4.38. The number of halogens is 1. The molecule has 0 saturated heterocycles. The third-order valence-electron chi connectivity index (χ3n) is 2.86. The van der Waals surface area contributed by atoms with Crippen molar-refractivity contribution in [3.05, 3.63) is 63.6 Å². The highest BCUT2D eigenvalue weighted by Crippen LogP contribution is 2.25. The van der Waals surface area contributed by atoms with Crippen LogP contribution in [0.4, 0.5) is 0 Å². The summed E-state index contributed by atoms with van der Waals surface area (Å²) in [5.41, 5.74) is 3.62. The molecular weight excluding hydrogens is 262 g/mol. The lowest BCUT2D eigenvalue weighted by Gasteiger charge is -1.97. The first-order valence-corrected chi connectivity index (χ1v) is 7.01. The van der Waals surface area contributed by atoms with Crippen molar-refractivity contribution < 1.29 is 0 Å². The van der Waals surface area contributed by atoms with Crippen molar-refractivity contribution in [3.8, 4) is 0 Å². The van der Waals surface area contributed by atoms with Gasteiger partial charge in [0.2, 0.25) is 0 Å². The summed E-state index contributed by atoms with van der Waals surface area (Å²) in [5.74, 6) is 0. The molecule has 2 aromatic carbocycles. The molecule has 1 nitrogen and oxygen atoms in total. The normalized spacial score (nSPS) is 11.0. The lowest BCUT2D eigenvalue weighted by Crippen LogP contribution is -1.85. The lowest BCUT2D eigenvalue weighted by atomic mass is 10.2. The zero-order valence-corrected chi connectivity index (χ0v) is 11.6. The van der Waals surface area contributed by atoms with Crippen LogP contribution in [0.15, 0.2) is 42.5 Å². The number of aromatic nitrogens is 1. The number of benzene rings is 2. The molecule has 0 bridgehead atoms. The van der Waals surface area contributed by atoms with E-state index in [1.807, 2.05) is 12.1 Å². The highest BCUT2D eigenvalue weighted by Gasteiger charge is 2.05. The Morgan fingerprint density at radius 1 is 1.11 bits per heavy atom. The van der Waals surface area contributed by atoms with Crippen molar-refractivity contribution in [1.29, 1.82) is 0 Å². The number of fused-ring (bicyclic) bond motifs is 1. The van der Waals surface area contributed by atoms with Gasteiger partial charge < -0.3 is 0 Å². The Morgan fingerprint density at radius 2 is 1.89 bits per heavy atom. The van der Waals surface area contributed by atoms with Gasteiger partial charge in [0, 0.05) is 11.4 Å². The minimum atomic E-state index is 0.777. The van der Waals surface area contributed by atoms with E-state index in [1.165, 1.54) is 15.8 Å². The molecule has 18 heavy (non-hydrogen) atoms. The van der Waals surface area contributed by atoms with Crippen molar-refractivity contribution in [3.63, 3.8) is 0 Å². The maximum atomic E-state index is 5.88. The molecule has 0 aliphatic heterocycles. The summed E-state index contributed by atoms with van der Waals surface area (Å²) >= 11 is 7.65. The molecule has 0 aliphatic carbocycles. The number of aryl methyl sites for hydroxylation is 1. The first-order chi connectivity index (χ1) is 8.70. The van der Waals surface area contributed by atoms with Gasteiger partial charge in [-0.25, -0.2) is 4.98 Å². The van der Waals surface area contributed by atoms with Crippen LogP contribution in [0.5, 0.6) is 0 Å². The Balaban J connectivity index is 1.92. The summed E-state index contributed by atoms with van der Waals surface area (Å²) in [6.07, 6.45) is 0.871. The number of hydrogen-bond donors (Lipinski definition) is 0. The van der Waals surface area contributed by atoms with Gasteiger partial charge in [0.15, 0.2) is 0 Å². The summed E-state index contributed by atoms with van der Waals surface area (Å²) in [7, 11) is 0. The molecule has 1 aromatic heterocycles. The monoisotopic (exact) mass is 273 g/mol. The van der Waals surface area contributed by atoms with E-state index in [-0.39, 0.29) is 0 Å². The molecular formula is C15H12ClNS. The molecule has 0 radical (unpaired) electrons. The van der Waals surface area contributed by atoms with Crippen LogP contribution in [-0.2, 0) is 6.42 Å². The SMILES string of the molecule is Cc1ccc2nc(Cc3ccc(Cl)cc3)sc2c1. The van der Waals surface area contributed by atoms with E-state index in [0.717, 1.165) is 22.0 Å². The number of thiazole rings is 1. The molecule has 3 heteroatoms. The molecule has 90 valence electrons. The third-order valence-corrected chi connectivity index (χ3v) is 4.13. The maximum Gasteiger partial charge on any atom is 0.0982 e. The maximum absolute atomic E-state index is 5.88. The summed E-state index contributed by atoms with van der Waals surface area (Å²) in [5, 5.41) is 1.93. The Hall–Kier alpha value is -1.38. The van der Waals surface area contributed by atoms with Crippen molar-refractivity contribution in [2.75, 3.05) is 0 Å². The minimum Gasteiger partial charge on any atom is -0.241 e. The third kappa shape index (κ3) is 2.40. The van der Waals surface area contributed by atoms with E-state index in [1.54, 1.807) is 11.3 Å². The smallest absolute Gasteiger partial charge is 0.0982 e. The average Bonchev–Trinajstić information content (AvgIpc) is 2.73. The van der Waals surface area contributed by atoms with Crippen LogP contribution in [0.3, 0.4) is 0 Å². The Kier molecular flexibility index (Phi) is 3.06. The largest absolute Gasteiger partial charge is 0.241 e. The molecule has 0 aliphatic rings. The van der Waals surface area contributed by atoms with Crippen LogP contribution in [-0.4, -0.2) is 4.98 Å². The summed E-state index contributed by atoms with van der Waals surface area (Å²) in [4.78, 5) is 4.66. The van der Waals surface area contributed by atoms with Crippen LogP contribution < -0.4 is 0 Å². The Morgan fingerprint density at radius 3 is 2.67 bits per heavy atom. The fourth-order valence-electron chi connectivity index (χ4n) is 1.93. The average molecular weight is 274 g/mol. The van der Waals surface area contributed by atoms with Gasteiger partial charge in [0.05, 0.1) is 15.2 Å². The Labute approximate surface area is 115 Å². The van der Waals surface area contributed by atoms with E-state index >= 15 is 0 Å². The first-order valence-electron chi connectivity index (χ1n) is 5.81. The lowest BCUT2D eigenvalue weighted by molar-refractivity contribution is 1.15. The van der Waals surface area contributed by atoms with Gasteiger partial charge >= 0.3 is 0 Å². The summed E-state index contributed by atoms with van der Waals surface area (Å²) in [6, 6.07) is 14.3. The van der Waals surface area contributed by atoms with Gasteiger partial charge in [-0.2, -0.15) is 0 Å². The van der Waals surface area contributed by atoms with Crippen molar-refractivity contribution >= 4 is 33.2 Å². The second kappa shape index (κ2) is 4.71. The molecule has 0 amide bonds. The molecule has 0 saturated carbocycles. The van der Waals surface area contributed by atoms with Crippen molar-refractivity contribution in [2.45, 2.75) is 13.3 Å². The van der Waals surface area contributed by atoms with Gasteiger partial charge in [-0.15, -0.1) is 11.3 Å². The van der Waals surface area contributed by atoms with Gasteiger partial charge in [-0.05, 0) is 42.3 Å². The molecule has 0 unspecified atom stereocenters. The topological polar surface area (TPSA) is 12.9 Å². The molecule has 0 spiro atoms. The first kappa shape index (κ1) is 11.7. The molecule has 0 N–H and O–H groups in total. The number of nitrogens with zero attached hydrogens (tertiary/aromatic N) is 1. The number of rotatable bonds is 2. The fraction of sp³-hybridized carbons (Fsp3) is 0.133. The summed E-state index contributed by atoms with van der Waals surface area (Å²) < 4.78 is 1.26. The highest BCUT2D eigenvalue weighted by molar-refractivity contribution is 7.18. The van der Waals surface area contributed by atoms with E-state index in [2.05, 4.69) is 42.2 Å². The minimum absolute atomic E-state index is 0.777. The Bertz CT molecular complexity index is 685. The standard InChI is InChI=1S/C15H12ClNS/c1-10-2-7-13-14(8-10)18-15(17-13)9-11-3-5-12(16)6-4-11/h2-8H,9H2,1H3. The van der Waals surface area contributed by atoms with Crippen LogP contribution in [0.2, 0.25) is 5.02 Å². The van der Waals surface area contributed by atoms with E-state index in [9.17, 15) is 0 Å².